The lowest BCUT2D eigenvalue weighted by molar-refractivity contribution is 0.614. The number of hydrogen-bond donors (Lipinski definition) is 1. The van der Waals surface area contributed by atoms with Crippen LogP contribution in [0.5, 0.6) is 0 Å². The maximum absolute atomic E-state index is 13.4. The van der Waals surface area contributed by atoms with E-state index < -0.39 is 0 Å². The Morgan fingerprint density at radius 1 is 1.47 bits per heavy atom. The monoisotopic (exact) mass is 242 g/mol. The highest BCUT2D eigenvalue weighted by molar-refractivity contribution is 7.15. The second-order valence-corrected chi connectivity index (χ2v) is 4.60. The topological polar surface area (TPSA) is 38.9 Å². The van der Waals surface area contributed by atoms with Gasteiger partial charge in [0.1, 0.15) is 5.82 Å². The zero-order chi connectivity index (χ0) is 10.8. The smallest absolute Gasteiger partial charge is 0.180 e. The summed E-state index contributed by atoms with van der Waals surface area (Å²) < 4.78 is 13.4. The molecular weight excluding hydrogens is 235 g/mol. The van der Waals surface area contributed by atoms with Gasteiger partial charge in [0.2, 0.25) is 0 Å². The third-order valence-corrected chi connectivity index (χ3v) is 3.16. The van der Waals surface area contributed by atoms with Gasteiger partial charge in [-0.15, -0.1) is 11.3 Å². The van der Waals surface area contributed by atoms with E-state index in [9.17, 15) is 4.39 Å². The number of thiazole rings is 1. The average molecular weight is 243 g/mol. The van der Waals surface area contributed by atoms with Gasteiger partial charge in [-0.3, -0.25) is 0 Å². The fraction of sp³-hybridized carbons (Fsp3) is 0.100. The minimum absolute atomic E-state index is 0.297. The number of nitrogens with two attached hydrogens (primary N) is 1. The van der Waals surface area contributed by atoms with Crippen molar-refractivity contribution in [3.63, 3.8) is 0 Å². The number of aromatic nitrogens is 1. The lowest BCUT2D eigenvalue weighted by atomic mass is 10.1. The summed E-state index contributed by atoms with van der Waals surface area (Å²) in [5, 5.41) is 0.916. The summed E-state index contributed by atoms with van der Waals surface area (Å²) in [6.45, 7) is 0. The van der Waals surface area contributed by atoms with Crippen LogP contribution in [0.25, 0.3) is 0 Å². The molecule has 2 rings (SSSR count). The molecule has 1 aromatic heterocycles. The predicted molar refractivity (Wildman–Crippen MR) is 60.7 cm³/mol. The number of anilines is 1. The summed E-state index contributed by atoms with van der Waals surface area (Å²) in [5.74, 6) is -0.297. The second kappa shape index (κ2) is 4.16. The third kappa shape index (κ3) is 2.27. The Balaban J connectivity index is 2.31. The number of benzene rings is 1. The summed E-state index contributed by atoms with van der Waals surface area (Å²) in [6.07, 6.45) is 2.07. The van der Waals surface area contributed by atoms with Crippen molar-refractivity contribution in [3.05, 3.63) is 45.7 Å². The third-order valence-electron chi connectivity index (χ3n) is 1.98. The van der Waals surface area contributed by atoms with Crippen molar-refractivity contribution in [2.45, 2.75) is 6.42 Å². The molecule has 0 saturated carbocycles. The molecule has 5 heteroatoms. The van der Waals surface area contributed by atoms with E-state index in [-0.39, 0.29) is 5.82 Å². The van der Waals surface area contributed by atoms with Crippen molar-refractivity contribution in [1.82, 2.24) is 4.98 Å². The molecule has 0 unspecified atom stereocenters. The van der Waals surface area contributed by atoms with Gasteiger partial charge in [0.25, 0.3) is 0 Å². The van der Waals surface area contributed by atoms with Gasteiger partial charge in [-0.2, -0.15) is 0 Å². The summed E-state index contributed by atoms with van der Waals surface area (Å²) in [7, 11) is 0. The van der Waals surface area contributed by atoms with Crippen LogP contribution in [0.4, 0.5) is 9.52 Å². The zero-order valence-corrected chi connectivity index (χ0v) is 9.28. The first kappa shape index (κ1) is 10.4. The first-order chi connectivity index (χ1) is 7.16. The molecule has 2 aromatic rings. The van der Waals surface area contributed by atoms with E-state index in [0.29, 0.717) is 22.1 Å². The summed E-state index contributed by atoms with van der Waals surface area (Å²) in [6, 6.07) is 4.65. The Bertz CT molecular complexity index is 464. The first-order valence-electron chi connectivity index (χ1n) is 4.30. The first-order valence-corrected chi connectivity index (χ1v) is 5.49. The number of rotatable bonds is 2. The SMILES string of the molecule is Nc1ncc(Cc2c(F)cccc2Cl)s1. The molecule has 1 aromatic carbocycles. The van der Waals surface area contributed by atoms with E-state index in [4.69, 9.17) is 17.3 Å². The molecule has 78 valence electrons. The molecule has 1 heterocycles. The van der Waals surface area contributed by atoms with E-state index in [1.165, 1.54) is 17.4 Å². The lowest BCUT2D eigenvalue weighted by Gasteiger charge is -2.02. The van der Waals surface area contributed by atoms with Crippen molar-refractivity contribution in [2.24, 2.45) is 0 Å². The zero-order valence-electron chi connectivity index (χ0n) is 7.71. The molecule has 0 atom stereocenters. The average Bonchev–Trinajstić information content (AvgIpc) is 2.58. The lowest BCUT2D eigenvalue weighted by Crippen LogP contribution is -1.91. The maximum Gasteiger partial charge on any atom is 0.180 e. The molecule has 0 aliphatic heterocycles. The van der Waals surface area contributed by atoms with Crippen molar-refractivity contribution in [1.29, 1.82) is 0 Å². The molecule has 2 nitrogen and oxygen atoms in total. The molecule has 0 radical (unpaired) electrons. The summed E-state index contributed by atoms with van der Waals surface area (Å²) in [4.78, 5) is 4.81. The van der Waals surface area contributed by atoms with Crippen LogP contribution in [-0.4, -0.2) is 4.98 Å². The number of halogens is 2. The van der Waals surface area contributed by atoms with Gasteiger partial charge in [0, 0.05) is 28.1 Å². The van der Waals surface area contributed by atoms with Gasteiger partial charge in [-0.1, -0.05) is 17.7 Å². The van der Waals surface area contributed by atoms with E-state index in [1.54, 1.807) is 18.3 Å². The van der Waals surface area contributed by atoms with Crippen LogP contribution in [0.2, 0.25) is 5.02 Å². The van der Waals surface area contributed by atoms with E-state index in [1.807, 2.05) is 0 Å². The molecule has 0 aliphatic carbocycles. The van der Waals surface area contributed by atoms with Gasteiger partial charge in [0.05, 0.1) is 0 Å². The normalized spacial score (nSPS) is 10.5. The number of nitrogens with zero attached hydrogens (tertiary/aromatic N) is 1. The Hall–Kier alpha value is -1.13. The highest BCUT2D eigenvalue weighted by atomic mass is 35.5. The minimum Gasteiger partial charge on any atom is -0.375 e. The number of hydrogen-bond acceptors (Lipinski definition) is 3. The minimum atomic E-state index is -0.297. The Kier molecular flexibility index (Phi) is 2.88. The quantitative estimate of drug-likeness (QED) is 0.879. The van der Waals surface area contributed by atoms with Gasteiger partial charge in [0.15, 0.2) is 5.13 Å². The summed E-state index contributed by atoms with van der Waals surface area (Å²) >= 11 is 7.24. The van der Waals surface area contributed by atoms with Crippen molar-refractivity contribution >= 4 is 28.1 Å². The molecule has 0 fully saturated rings. The van der Waals surface area contributed by atoms with Crippen molar-refractivity contribution < 1.29 is 4.39 Å². The van der Waals surface area contributed by atoms with Crippen LogP contribution in [0.1, 0.15) is 10.4 Å². The standard InChI is InChI=1S/C10H8ClFN2S/c11-8-2-1-3-9(12)7(8)4-6-5-14-10(13)15-6/h1-3,5H,4H2,(H2,13,14). The summed E-state index contributed by atoms with van der Waals surface area (Å²) in [5.41, 5.74) is 5.98. The van der Waals surface area contributed by atoms with Crippen LogP contribution in [0, 0.1) is 5.82 Å². The van der Waals surface area contributed by atoms with Crippen molar-refractivity contribution in [2.75, 3.05) is 5.73 Å². The van der Waals surface area contributed by atoms with Crippen LogP contribution in [0.3, 0.4) is 0 Å². The van der Waals surface area contributed by atoms with E-state index in [2.05, 4.69) is 4.98 Å². The van der Waals surface area contributed by atoms with Crippen LogP contribution < -0.4 is 5.73 Å². The van der Waals surface area contributed by atoms with Gasteiger partial charge in [-0.25, -0.2) is 9.37 Å². The largest absolute Gasteiger partial charge is 0.375 e. The highest BCUT2D eigenvalue weighted by Gasteiger charge is 2.09. The Morgan fingerprint density at radius 3 is 2.87 bits per heavy atom. The van der Waals surface area contributed by atoms with Crippen LogP contribution >= 0.6 is 22.9 Å². The van der Waals surface area contributed by atoms with Gasteiger partial charge in [-0.05, 0) is 12.1 Å². The van der Waals surface area contributed by atoms with E-state index in [0.717, 1.165) is 4.88 Å². The van der Waals surface area contributed by atoms with Crippen LogP contribution in [-0.2, 0) is 6.42 Å². The maximum atomic E-state index is 13.4. The fourth-order valence-corrected chi connectivity index (χ4v) is 2.21. The second-order valence-electron chi connectivity index (χ2n) is 3.04. The predicted octanol–water partition coefficient (Wildman–Crippen LogP) is 3.11. The molecule has 15 heavy (non-hydrogen) atoms. The van der Waals surface area contributed by atoms with E-state index >= 15 is 0 Å². The van der Waals surface area contributed by atoms with Gasteiger partial charge < -0.3 is 5.73 Å². The van der Waals surface area contributed by atoms with Crippen LogP contribution in [0.15, 0.2) is 24.4 Å². The molecule has 0 aliphatic rings. The molecule has 2 N–H and O–H groups in total. The Morgan fingerprint density at radius 2 is 2.27 bits per heavy atom. The van der Waals surface area contributed by atoms with Crippen molar-refractivity contribution in [3.8, 4) is 0 Å². The molecule has 0 saturated heterocycles. The number of nitrogen functional groups attached to an aromatic ring is 1. The highest BCUT2D eigenvalue weighted by Crippen LogP contribution is 2.25. The fourth-order valence-electron chi connectivity index (χ4n) is 1.28. The molecular formula is C10H8ClFN2S. The molecule has 0 bridgehead atoms. The van der Waals surface area contributed by atoms with Gasteiger partial charge >= 0.3 is 0 Å². The Labute approximate surface area is 95.5 Å². The molecule has 0 amide bonds. The molecule has 0 spiro atoms.